The first-order valence-electron chi connectivity index (χ1n) is 24.3. The van der Waals surface area contributed by atoms with Gasteiger partial charge in [0.1, 0.15) is 6.61 Å². The van der Waals surface area contributed by atoms with E-state index in [1.165, 1.54) is 83.5 Å². The highest BCUT2D eigenvalue weighted by atomic mass is 16.6. The van der Waals surface area contributed by atoms with E-state index >= 15 is 0 Å². The van der Waals surface area contributed by atoms with Crippen LogP contribution >= 0.6 is 0 Å². The molecule has 0 radical (unpaired) electrons. The Morgan fingerprint density at radius 1 is 0.407 bits per heavy atom. The normalized spacial score (nSPS) is 13.1. The smallest absolute Gasteiger partial charge is 0.306 e. The van der Waals surface area contributed by atoms with Crippen LogP contribution in [0.4, 0.5) is 0 Å². The topological polar surface area (TPSA) is 72.8 Å². The van der Waals surface area contributed by atoms with Crippen LogP contribution in [0.3, 0.4) is 0 Å². The molecule has 59 heavy (non-hydrogen) atoms. The minimum atomic E-state index is -0.790. The zero-order valence-electron chi connectivity index (χ0n) is 38.2. The zero-order valence-corrected chi connectivity index (χ0v) is 38.2. The number of carbonyl (C=O) groups is 2. The van der Waals surface area contributed by atoms with Crippen molar-refractivity contribution < 1.29 is 24.2 Å². The van der Waals surface area contributed by atoms with E-state index in [0.29, 0.717) is 12.8 Å². The molecule has 336 valence electrons. The van der Waals surface area contributed by atoms with Gasteiger partial charge in [-0.1, -0.05) is 201 Å². The van der Waals surface area contributed by atoms with E-state index in [2.05, 4.69) is 111 Å². The molecule has 0 aromatic carbocycles. The van der Waals surface area contributed by atoms with Gasteiger partial charge < -0.3 is 14.6 Å². The van der Waals surface area contributed by atoms with Crippen molar-refractivity contribution in [1.82, 2.24) is 0 Å². The fourth-order valence-electron chi connectivity index (χ4n) is 6.47. The van der Waals surface area contributed by atoms with Crippen LogP contribution in [-0.4, -0.2) is 36.4 Å². The van der Waals surface area contributed by atoms with Gasteiger partial charge in [0.05, 0.1) is 6.61 Å². The molecule has 0 saturated heterocycles. The molecule has 1 N–H and O–H groups in total. The number of aliphatic hydroxyl groups is 1. The minimum absolute atomic E-state index is 0.0812. The van der Waals surface area contributed by atoms with Gasteiger partial charge in [-0.25, -0.2) is 0 Å². The number of hydrogen-bond donors (Lipinski definition) is 1. The average Bonchev–Trinajstić information content (AvgIpc) is 3.24. The molecule has 1 unspecified atom stereocenters. The number of unbranched alkanes of at least 4 members (excludes halogenated alkanes) is 19. The van der Waals surface area contributed by atoms with Crippen LogP contribution < -0.4 is 0 Å². The lowest BCUT2D eigenvalue weighted by atomic mass is 10.1. The summed E-state index contributed by atoms with van der Waals surface area (Å²) in [5.74, 6) is -0.622. The fraction of sp³-hybridized carbons (Fsp3) is 0.667. The molecule has 0 aliphatic rings. The van der Waals surface area contributed by atoms with E-state index in [0.717, 1.165) is 103 Å². The molecule has 5 nitrogen and oxygen atoms in total. The van der Waals surface area contributed by atoms with Crippen LogP contribution in [-0.2, 0) is 19.1 Å². The molecule has 0 fully saturated rings. The average molecular weight is 819 g/mol. The number of carbonyl (C=O) groups excluding carboxylic acids is 2. The van der Waals surface area contributed by atoms with Gasteiger partial charge in [0, 0.05) is 12.8 Å². The monoisotopic (exact) mass is 819 g/mol. The van der Waals surface area contributed by atoms with Gasteiger partial charge >= 0.3 is 11.9 Å². The molecular weight excluding hydrogens is 729 g/mol. The molecule has 0 saturated carbocycles. The number of allylic oxidation sites excluding steroid dienone is 16. The Morgan fingerprint density at radius 3 is 1.12 bits per heavy atom. The summed E-state index contributed by atoms with van der Waals surface area (Å²) in [6, 6.07) is 0. The van der Waals surface area contributed by atoms with E-state index in [1.54, 1.807) is 0 Å². The van der Waals surface area contributed by atoms with Crippen LogP contribution in [0, 0.1) is 0 Å². The SMILES string of the molecule is CC/C=C\C/C=C\C/C=C\C/C=C\C/C=C\C/C=C\C/C=C\CCCCCCCC(=O)OC(CO)COC(=O)CCCCCCCCC/C=C\CCCCCCCCC. The number of ether oxygens (including phenoxy) is 2. The largest absolute Gasteiger partial charge is 0.462 e. The second kappa shape index (κ2) is 49.2. The van der Waals surface area contributed by atoms with Crippen molar-refractivity contribution in [2.24, 2.45) is 0 Å². The molecule has 0 bridgehead atoms. The predicted octanol–water partition coefficient (Wildman–Crippen LogP) is 16.0. The van der Waals surface area contributed by atoms with E-state index in [4.69, 9.17) is 9.47 Å². The Hall–Kier alpha value is -3.18. The van der Waals surface area contributed by atoms with Crippen molar-refractivity contribution in [3.8, 4) is 0 Å². The molecule has 1 atom stereocenters. The third kappa shape index (κ3) is 47.4. The zero-order chi connectivity index (χ0) is 42.8. The first kappa shape index (κ1) is 55.8. The molecular formula is C54H90O5. The Morgan fingerprint density at radius 2 is 0.729 bits per heavy atom. The molecule has 5 heteroatoms. The summed E-state index contributed by atoms with van der Waals surface area (Å²) in [4.78, 5) is 24.4. The maximum absolute atomic E-state index is 12.2. The van der Waals surface area contributed by atoms with Crippen molar-refractivity contribution in [2.45, 2.75) is 219 Å². The van der Waals surface area contributed by atoms with Gasteiger partial charge in [-0.15, -0.1) is 0 Å². The summed E-state index contributed by atoms with van der Waals surface area (Å²) in [5, 5.41) is 9.61. The number of hydrogen-bond acceptors (Lipinski definition) is 5. The van der Waals surface area contributed by atoms with E-state index in [-0.39, 0.29) is 25.2 Å². The van der Waals surface area contributed by atoms with Gasteiger partial charge in [-0.2, -0.15) is 0 Å². The molecule has 0 rings (SSSR count). The highest BCUT2D eigenvalue weighted by molar-refractivity contribution is 5.70. The molecule has 0 amide bonds. The van der Waals surface area contributed by atoms with Gasteiger partial charge in [-0.3, -0.25) is 9.59 Å². The van der Waals surface area contributed by atoms with E-state index in [1.807, 2.05) is 0 Å². The Labute approximate surface area is 364 Å². The predicted molar refractivity (Wildman–Crippen MR) is 256 cm³/mol. The van der Waals surface area contributed by atoms with Gasteiger partial charge in [0.15, 0.2) is 6.10 Å². The van der Waals surface area contributed by atoms with Crippen LogP contribution in [0.2, 0.25) is 0 Å². The highest BCUT2D eigenvalue weighted by Gasteiger charge is 2.16. The van der Waals surface area contributed by atoms with Crippen LogP contribution in [0.5, 0.6) is 0 Å². The lowest BCUT2D eigenvalue weighted by Gasteiger charge is -2.15. The summed E-state index contributed by atoms with van der Waals surface area (Å²) in [7, 11) is 0. The minimum Gasteiger partial charge on any atom is -0.462 e. The summed E-state index contributed by atoms with van der Waals surface area (Å²) in [5.41, 5.74) is 0. The number of aliphatic hydroxyl groups excluding tert-OH is 1. The quantitative estimate of drug-likeness (QED) is 0.0377. The van der Waals surface area contributed by atoms with Crippen LogP contribution in [0.25, 0.3) is 0 Å². The van der Waals surface area contributed by atoms with E-state index < -0.39 is 6.10 Å². The maximum Gasteiger partial charge on any atom is 0.306 e. The first-order valence-corrected chi connectivity index (χ1v) is 24.3. The third-order valence-corrected chi connectivity index (χ3v) is 10.1. The van der Waals surface area contributed by atoms with Gasteiger partial charge in [0.25, 0.3) is 0 Å². The van der Waals surface area contributed by atoms with Crippen molar-refractivity contribution in [2.75, 3.05) is 13.2 Å². The summed E-state index contributed by atoms with van der Waals surface area (Å²) < 4.78 is 10.6. The molecule has 0 aliphatic heterocycles. The lowest BCUT2D eigenvalue weighted by Crippen LogP contribution is -2.28. The summed E-state index contributed by atoms with van der Waals surface area (Å²) >= 11 is 0. The van der Waals surface area contributed by atoms with Crippen LogP contribution in [0.1, 0.15) is 213 Å². The Kier molecular flexibility index (Phi) is 46.5. The maximum atomic E-state index is 12.2. The van der Waals surface area contributed by atoms with Crippen LogP contribution in [0.15, 0.2) is 97.2 Å². The summed E-state index contributed by atoms with van der Waals surface area (Å²) in [6.07, 6.45) is 69.1. The fourth-order valence-corrected chi connectivity index (χ4v) is 6.47. The highest BCUT2D eigenvalue weighted by Crippen LogP contribution is 2.13. The van der Waals surface area contributed by atoms with Crippen molar-refractivity contribution in [3.63, 3.8) is 0 Å². The van der Waals surface area contributed by atoms with E-state index in [9.17, 15) is 14.7 Å². The van der Waals surface area contributed by atoms with Crippen molar-refractivity contribution >= 4 is 11.9 Å². The Bertz CT molecular complexity index is 1150. The van der Waals surface area contributed by atoms with Gasteiger partial charge in [-0.05, 0) is 96.3 Å². The second-order valence-electron chi connectivity index (χ2n) is 15.8. The van der Waals surface area contributed by atoms with Gasteiger partial charge in [0.2, 0.25) is 0 Å². The molecule has 0 aromatic rings. The third-order valence-electron chi connectivity index (χ3n) is 10.1. The molecule has 0 aromatic heterocycles. The standard InChI is InChI=1S/C54H90O5/c1-3-5-7-9-11-13-15-17-19-21-23-24-25-26-27-28-29-30-31-33-35-37-39-41-43-45-47-49-54(57)59-52(50-55)51-58-53(56)48-46-44-42-40-38-36-34-32-22-20-18-16-14-12-10-8-6-4-2/h5,7,11,13,17,19-20,22-24,26-27,29-30,33,35,52,55H,3-4,6,8-10,12,14-16,18,21,25,28,31-32,34,36-51H2,1-2H3/b7-5-,13-11-,19-17-,22-20-,24-23-,27-26-,30-29-,35-33-. The van der Waals surface area contributed by atoms with Crippen molar-refractivity contribution in [3.05, 3.63) is 97.2 Å². The number of esters is 2. The second-order valence-corrected chi connectivity index (χ2v) is 15.8. The van der Waals surface area contributed by atoms with Crippen molar-refractivity contribution in [1.29, 1.82) is 0 Å². The Balaban J connectivity index is 3.63. The molecule has 0 spiro atoms. The first-order chi connectivity index (χ1) is 29.1. The molecule has 0 heterocycles. The molecule has 0 aliphatic carbocycles. The summed E-state index contributed by atoms with van der Waals surface area (Å²) in [6.45, 7) is 4.00. The lowest BCUT2D eigenvalue weighted by molar-refractivity contribution is -0.161. The number of rotatable bonds is 43.